The first-order valence-electron chi connectivity index (χ1n) is 7.03. The Kier molecular flexibility index (Phi) is 5.07. The minimum atomic E-state index is 0.849. The highest BCUT2D eigenvalue weighted by Crippen LogP contribution is 2.32. The van der Waals surface area contributed by atoms with Crippen LogP contribution in [0.2, 0.25) is 0 Å². The maximum atomic E-state index is 5.51. The quantitative estimate of drug-likeness (QED) is 0.660. The smallest absolute Gasteiger partial charge is 0.0110 e. The molecule has 0 spiro atoms. The summed E-state index contributed by atoms with van der Waals surface area (Å²) >= 11 is 0. The van der Waals surface area contributed by atoms with Crippen LogP contribution < -0.4 is 5.73 Å². The number of hydrogen-bond donors (Lipinski definition) is 1. The summed E-state index contributed by atoms with van der Waals surface area (Å²) in [5.41, 5.74) is 5.51. The SMILES string of the molecule is NCCCCN1CCN(CCC2CC2)CC1. The second-order valence-corrected chi connectivity index (χ2v) is 5.41. The maximum absolute atomic E-state index is 5.51. The standard InChI is InChI=1S/C13H27N3/c14-6-1-2-7-15-9-11-16(12-10-15)8-5-13-3-4-13/h13H,1-12,14H2. The van der Waals surface area contributed by atoms with Crippen LogP contribution in [0.5, 0.6) is 0 Å². The number of unbranched alkanes of at least 4 members (excludes halogenated alkanes) is 1. The molecule has 0 unspecified atom stereocenters. The molecule has 0 atom stereocenters. The van der Waals surface area contributed by atoms with Crippen LogP contribution in [0.3, 0.4) is 0 Å². The third-order valence-corrected chi connectivity index (χ3v) is 3.94. The highest BCUT2D eigenvalue weighted by atomic mass is 15.3. The first kappa shape index (κ1) is 12.3. The van der Waals surface area contributed by atoms with Crippen LogP contribution in [0.15, 0.2) is 0 Å². The summed E-state index contributed by atoms with van der Waals surface area (Å²) in [4.78, 5) is 5.25. The summed E-state index contributed by atoms with van der Waals surface area (Å²) < 4.78 is 0. The average Bonchev–Trinajstić information content (AvgIpc) is 3.12. The Morgan fingerprint density at radius 1 is 0.875 bits per heavy atom. The molecule has 16 heavy (non-hydrogen) atoms. The predicted octanol–water partition coefficient (Wildman–Crippen LogP) is 1.14. The third-order valence-electron chi connectivity index (χ3n) is 3.94. The average molecular weight is 225 g/mol. The Hall–Kier alpha value is -0.120. The molecule has 2 aliphatic rings. The molecule has 0 aromatic carbocycles. The van der Waals surface area contributed by atoms with E-state index in [1.54, 1.807) is 0 Å². The topological polar surface area (TPSA) is 32.5 Å². The zero-order valence-corrected chi connectivity index (χ0v) is 10.5. The van der Waals surface area contributed by atoms with Crippen molar-refractivity contribution in [1.29, 1.82) is 0 Å². The lowest BCUT2D eigenvalue weighted by Gasteiger charge is -2.34. The van der Waals surface area contributed by atoms with Crippen molar-refractivity contribution in [1.82, 2.24) is 9.80 Å². The van der Waals surface area contributed by atoms with Gasteiger partial charge in [-0.3, -0.25) is 0 Å². The second-order valence-electron chi connectivity index (χ2n) is 5.41. The molecular formula is C13H27N3. The maximum Gasteiger partial charge on any atom is 0.0110 e. The Morgan fingerprint density at radius 3 is 2.06 bits per heavy atom. The van der Waals surface area contributed by atoms with Gasteiger partial charge in [0.25, 0.3) is 0 Å². The minimum Gasteiger partial charge on any atom is -0.330 e. The van der Waals surface area contributed by atoms with Gasteiger partial charge >= 0.3 is 0 Å². The molecule has 94 valence electrons. The van der Waals surface area contributed by atoms with Crippen molar-refractivity contribution in [3.8, 4) is 0 Å². The van der Waals surface area contributed by atoms with E-state index in [2.05, 4.69) is 9.80 Å². The molecule has 3 heteroatoms. The first-order chi connectivity index (χ1) is 7.88. The van der Waals surface area contributed by atoms with Gasteiger partial charge in [-0.15, -0.1) is 0 Å². The van der Waals surface area contributed by atoms with Crippen LogP contribution in [-0.2, 0) is 0 Å². The normalized spacial score (nSPS) is 23.8. The number of piperazine rings is 1. The predicted molar refractivity (Wildman–Crippen MR) is 68.5 cm³/mol. The summed E-state index contributed by atoms with van der Waals surface area (Å²) in [5, 5.41) is 0. The molecule has 2 N–H and O–H groups in total. The minimum absolute atomic E-state index is 0.849. The molecule has 0 radical (unpaired) electrons. The van der Waals surface area contributed by atoms with E-state index in [-0.39, 0.29) is 0 Å². The molecule has 1 saturated heterocycles. The molecule has 2 rings (SSSR count). The van der Waals surface area contributed by atoms with Crippen molar-refractivity contribution < 1.29 is 0 Å². The van der Waals surface area contributed by atoms with Gasteiger partial charge in [0.05, 0.1) is 0 Å². The summed E-state index contributed by atoms with van der Waals surface area (Å²) in [5.74, 6) is 1.09. The Bertz CT molecular complexity index is 184. The van der Waals surface area contributed by atoms with Gasteiger partial charge in [-0.05, 0) is 44.8 Å². The summed E-state index contributed by atoms with van der Waals surface area (Å²) in [6.07, 6.45) is 6.91. The van der Waals surface area contributed by atoms with Gasteiger partial charge in [0, 0.05) is 26.2 Å². The van der Waals surface area contributed by atoms with E-state index < -0.39 is 0 Å². The van der Waals surface area contributed by atoms with Gasteiger partial charge in [-0.25, -0.2) is 0 Å². The highest BCUT2D eigenvalue weighted by molar-refractivity contribution is 4.77. The summed E-state index contributed by atoms with van der Waals surface area (Å²) in [7, 11) is 0. The molecule has 1 aliphatic carbocycles. The van der Waals surface area contributed by atoms with Crippen LogP contribution in [0.4, 0.5) is 0 Å². The summed E-state index contributed by atoms with van der Waals surface area (Å²) in [6.45, 7) is 8.57. The monoisotopic (exact) mass is 225 g/mol. The van der Waals surface area contributed by atoms with Crippen LogP contribution in [0, 0.1) is 5.92 Å². The zero-order chi connectivity index (χ0) is 11.2. The van der Waals surface area contributed by atoms with Crippen molar-refractivity contribution in [3.05, 3.63) is 0 Å². The highest BCUT2D eigenvalue weighted by Gasteiger charge is 2.23. The molecule has 1 heterocycles. The van der Waals surface area contributed by atoms with Gasteiger partial charge in [-0.2, -0.15) is 0 Å². The molecule has 0 aromatic rings. The first-order valence-corrected chi connectivity index (χ1v) is 7.03. The number of nitrogens with zero attached hydrogens (tertiary/aromatic N) is 2. The molecule has 1 aliphatic heterocycles. The molecule has 3 nitrogen and oxygen atoms in total. The van der Waals surface area contributed by atoms with Crippen LogP contribution in [0.1, 0.15) is 32.1 Å². The lowest BCUT2D eigenvalue weighted by atomic mass is 10.2. The van der Waals surface area contributed by atoms with Crippen molar-refractivity contribution >= 4 is 0 Å². The lowest BCUT2D eigenvalue weighted by molar-refractivity contribution is 0.128. The van der Waals surface area contributed by atoms with Gasteiger partial charge in [0.2, 0.25) is 0 Å². The van der Waals surface area contributed by atoms with Crippen molar-refractivity contribution in [2.75, 3.05) is 45.8 Å². The van der Waals surface area contributed by atoms with E-state index in [0.717, 1.165) is 12.5 Å². The zero-order valence-electron chi connectivity index (χ0n) is 10.5. The van der Waals surface area contributed by atoms with Crippen molar-refractivity contribution in [2.45, 2.75) is 32.1 Å². The van der Waals surface area contributed by atoms with Crippen molar-refractivity contribution in [2.24, 2.45) is 11.7 Å². The van der Waals surface area contributed by atoms with E-state index in [4.69, 9.17) is 5.73 Å². The van der Waals surface area contributed by atoms with Gasteiger partial charge in [-0.1, -0.05) is 12.8 Å². The van der Waals surface area contributed by atoms with Crippen molar-refractivity contribution in [3.63, 3.8) is 0 Å². The van der Waals surface area contributed by atoms with E-state index in [0.29, 0.717) is 0 Å². The molecule has 1 saturated carbocycles. The van der Waals surface area contributed by atoms with Gasteiger partial charge in [0.1, 0.15) is 0 Å². The lowest BCUT2D eigenvalue weighted by Crippen LogP contribution is -2.46. The fourth-order valence-electron chi connectivity index (χ4n) is 2.49. The molecule has 2 fully saturated rings. The molecule has 0 amide bonds. The van der Waals surface area contributed by atoms with Crippen LogP contribution >= 0.6 is 0 Å². The van der Waals surface area contributed by atoms with E-state index in [1.807, 2.05) is 0 Å². The fourth-order valence-corrected chi connectivity index (χ4v) is 2.49. The van der Waals surface area contributed by atoms with E-state index in [9.17, 15) is 0 Å². The van der Waals surface area contributed by atoms with Crippen LogP contribution in [-0.4, -0.2) is 55.6 Å². The Labute approximate surface area is 100.0 Å². The largest absolute Gasteiger partial charge is 0.330 e. The fraction of sp³-hybridized carbons (Fsp3) is 1.00. The third kappa shape index (κ3) is 4.40. The van der Waals surface area contributed by atoms with Gasteiger partial charge < -0.3 is 15.5 Å². The molecular weight excluding hydrogens is 198 g/mol. The number of hydrogen-bond acceptors (Lipinski definition) is 3. The van der Waals surface area contributed by atoms with E-state index in [1.165, 1.54) is 71.4 Å². The summed E-state index contributed by atoms with van der Waals surface area (Å²) in [6, 6.07) is 0. The molecule has 0 bridgehead atoms. The number of rotatable bonds is 7. The Morgan fingerprint density at radius 2 is 1.50 bits per heavy atom. The Balaban J connectivity index is 1.51. The molecule has 0 aromatic heterocycles. The van der Waals surface area contributed by atoms with E-state index >= 15 is 0 Å². The number of nitrogens with two attached hydrogens (primary N) is 1. The van der Waals surface area contributed by atoms with Gasteiger partial charge in [0.15, 0.2) is 0 Å². The van der Waals surface area contributed by atoms with Crippen LogP contribution in [0.25, 0.3) is 0 Å². The second kappa shape index (κ2) is 6.58.